The van der Waals surface area contributed by atoms with Crippen LogP contribution >= 0.6 is 11.6 Å². The summed E-state index contributed by atoms with van der Waals surface area (Å²) in [6, 6.07) is 8.04. The zero-order valence-corrected chi connectivity index (χ0v) is 8.05. The summed E-state index contributed by atoms with van der Waals surface area (Å²) in [4.78, 5) is 0. The third kappa shape index (κ3) is 1.38. The summed E-state index contributed by atoms with van der Waals surface area (Å²) in [5.74, 6) is 0. The highest BCUT2D eigenvalue weighted by Gasteiger charge is 2.36. The number of rotatable bonds is 2. The van der Waals surface area contributed by atoms with Crippen molar-refractivity contribution in [3.63, 3.8) is 0 Å². The van der Waals surface area contributed by atoms with Crippen molar-refractivity contribution in [2.24, 2.45) is 0 Å². The molecule has 1 aromatic rings. The summed E-state index contributed by atoms with van der Waals surface area (Å²) in [5, 5.41) is -0.668. The van der Waals surface area contributed by atoms with Gasteiger partial charge in [0.1, 0.15) is 0 Å². The first-order valence-electron chi connectivity index (χ1n) is 4.28. The van der Waals surface area contributed by atoms with E-state index in [9.17, 15) is 0 Å². The van der Waals surface area contributed by atoms with E-state index in [0.29, 0.717) is 13.0 Å². The standard InChI is InChI=1S/C11H11ClO/c1-2-7-11(12)10-6-4-3-5-9(10)8-13-11/h2-6H,1,7-8H2. The monoisotopic (exact) mass is 194 g/mol. The molecule has 1 atom stereocenters. The van der Waals surface area contributed by atoms with Crippen LogP contribution < -0.4 is 0 Å². The second-order valence-corrected chi connectivity index (χ2v) is 3.78. The highest BCUT2D eigenvalue weighted by molar-refractivity contribution is 6.23. The fourth-order valence-corrected chi connectivity index (χ4v) is 1.98. The van der Waals surface area contributed by atoms with Crippen LogP contribution in [0, 0.1) is 0 Å². The Bertz CT molecular complexity index is 335. The van der Waals surface area contributed by atoms with Crippen molar-refractivity contribution in [1.82, 2.24) is 0 Å². The number of ether oxygens (including phenoxy) is 1. The molecule has 1 aromatic carbocycles. The molecule has 0 radical (unpaired) electrons. The van der Waals surface area contributed by atoms with Gasteiger partial charge in [-0.05, 0) is 5.56 Å². The molecule has 1 nitrogen and oxygen atoms in total. The maximum Gasteiger partial charge on any atom is 0.171 e. The first-order valence-corrected chi connectivity index (χ1v) is 4.66. The Hall–Kier alpha value is -0.790. The van der Waals surface area contributed by atoms with Gasteiger partial charge in [-0.2, -0.15) is 0 Å². The lowest BCUT2D eigenvalue weighted by Gasteiger charge is -2.19. The van der Waals surface area contributed by atoms with Gasteiger partial charge < -0.3 is 4.74 Å². The number of fused-ring (bicyclic) bond motifs is 1. The summed E-state index contributed by atoms with van der Waals surface area (Å²) in [7, 11) is 0. The Morgan fingerprint density at radius 2 is 2.31 bits per heavy atom. The molecule has 2 heteroatoms. The molecule has 0 aromatic heterocycles. The molecule has 2 rings (SSSR count). The van der Waals surface area contributed by atoms with Gasteiger partial charge in [-0.1, -0.05) is 41.9 Å². The molecule has 0 fully saturated rings. The first kappa shape index (κ1) is 8.79. The third-order valence-electron chi connectivity index (χ3n) is 2.28. The molecular weight excluding hydrogens is 184 g/mol. The average Bonchev–Trinajstić information content (AvgIpc) is 2.46. The molecule has 1 aliphatic rings. The zero-order chi connectivity index (χ0) is 9.31. The van der Waals surface area contributed by atoms with Crippen LogP contribution in [0.2, 0.25) is 0 Å². The fraction of sp³-hybridized carbons (Fsp3) is 0.273. The number of hydrogen-bond acceptors (Lipinski definition) is 1. The smallest absolute Gasteiger partial charge is 0.171 e. The van der Waals surface area contributed by atoms with Crippen molar-refractivity contribution >= 4 is 11.6 Å². The van der Waals surface area contributed by atoms with Crippen LogP contribution in [0.1, 0.15) is 17.5 Å². The highest BCUT2D eigenvalue weighted by atomic mass is 35.5. The largest absolute Gasteiger partial charge is 0.350 e. The lowest BCUT2D eigenvalue weighted by atomic mass is 10.0. The van der Waals surface area contributed by atoms with Gasteiger partial charge in [-0.3, -0.25) is 0 Å². The number of alkyl halides is 1. The molecule has 13 heavy (non-hydrogen) atoms. The van der Waals surface area contributed by atoms with Gasteiger partial charge >= 0.3 is 0 Å². The molecule has 1 aliphatic heterocycles. The summed E-state index contributed by atoms with van der Waals surface area (Å²) < 4.78 is 5.55. The van der Waals surface area contributed by atoms with Crippen LogP contribution in [0.3, 0.4) is 0 Å². The second-order valence-electron chi connectivity index (χ2n) is 3.17. The molecule has 1 heterocycles. The molecule has 0 amide bonds. The van der Waals surface area contributed by atoms with Gasteiger partial charge in [0.25, 0.3) is 0 Å². The van der Waals surface area contributed by atoms with E-state index in [2.05, 4.69) is 6.58 Å². The van der Waals surface area contributed by atoms with Gasteiger partial charge in [0, 0.05) is 12.0 Å². The predicted molar refractivity (Wildman–Crippen MR) is 53.6 cm³/mol. The molecule has 0 N–H and O–H groups in total. The highest BCUT2D eigenvalue weighted by Crippen LogP contribution is 2.42. The molecule has 0 aliphatic carbocycles. The van der Waals surface area contributed by atoms with Gasteiger partial charge in [-0.15, -0.1) is 6.58 Å². The van der Waals surface area contributed by atoms with Gasteiger partial charge in [0.2, 0.25) is 0 Å². The second kappa shape index (κ2) is 3.17. The van der Waals surface area contributed by atoms with Crippen molar-refractivity contribution in [3.05, 3.63) is 48.0 Å². The Kier molecular flexibility index (Phi) is 2.14. The number of halogens is 1. The van der Waals surface area contributed by atoms with E-state index in [1.165, 1.54) is 5.56 Å². The van der Waals surface area contributed by atoms with Crippen molar-refractivity contribution < 1.29 is 4.74 Å². The summed E-state index contributed by atoms with van der Waals surface area (Å²) in [6.07, 6.45) is 2.43. The van der Waals surface area contributed by atoms with E-state index < -0.39 is 5.06 Å². The van der Waals surface area contributed by atoms with Gasteiger partial charge in [0.05, 0.1) is 6.61 Å². The van der Waals surface area contributed by atoms with Crippen molar-refractivity contribution in [3.8, 4) is 0 Å². The number of hydrogen-bond donors (Lipinski definition) is 0. The number of benzene rings is 1. The average molecular weight is 195 g/mol. The minimum absolute atomic E-state index is 0.605. The van der Waals surface area contributed by atoms with Crippen LogP contribution in [-0.2, 0) is 16.4 Å². The van der Waals surface area contributed by atoms with E-state index in [0.717, 1.165) is 5.56 Å². The van der Waals surface area contributed by atoms with Gasteiger partial charge in [0.15, 0.2) is 5.06 Å². The molecule has 0 saturated heterocycles. The van der Waals surface area contributed by atoms with Crippen LogP contribution in [0.25, 0.3) is 0 Å². The minimum Gasteiger partial charge on any atom is -0.350 e. The molecule has 0 saturated carbocycles. The molecular formula is C11H11ClO. The third-order valence-corrected chi connectivity index (χ3v) is 2.75. The fourth-order valence-electron chi connectivity index (χ4n) is 1.63. The van der Waals surface area contributed by atoms with E-state index in [4.69, 9.17) is 16.3 Å². The summed E-state index contributed by atoms with van der Waals surface area (Å²) in [6.45, 7) is 4.28. The SMILES string of the molecule is C=CCC1(Cl)OCc2ccccc21. The lowest BCUT2D eigenvalue weighted by molar-refractivity contribution is 0.0321. The predicted octanol–water partition coefficient (Wildman–Crippen LogP) is 3.18. The quantitative estimate of drug-likeness (QED) is 0.519. The zero-order valence-electron chi connectivity index (χ0n) is 7.29. The van der Waals surface area contributed by atoms with E-state index >= 15 is 0 Å². The summed E-state index contributed by atoms with van der Waals surface area (Å²) in [5.41, 5.74) is 2.26. The van der Waals surface area contributed by atoms with Crippen LogP contribution in [0.15, 0.2) is 36.9 Å². The lowest BCUT2D eigenvalue weighted by Crippen LogP contribution is -2.15. The molecule has 0 bridgehead atoms. The maximum atomic E-state index is 6.31. The first-order chi connectivity index (χ1) is 6.26. The molecule has 1 unspecified atom stereocenters. The van der Waals surface area contributed by atoms with Crippen LogP contribution in [0.5, 0.6) is 0 Å². The molecule has 68 valence electrons. The van der Waals surface area contributed by atoms with E-state index in [-0.39, 0.29) is 0 Å². The minimum atomic E-state index is -0.668. The molecule has 0 spiro atoms. The topological polar surface area (TPSA) is 9.23 Å². The Balaban J connectivity index is 2.42. The normalized spacial score (nSPS) is 25.6. The van der Waals surface area contributed by atoms with Gasteiger partial charge in [-0.25, -0.2) is 0 Å². The van der Waals surface area contributed by atoms with Crippen LogP contribution in [-0.4, -0.2) is 0 Å². The van der Waals surface area contributed by atoms with Crippen LogP contribution in [0.4, 0.5) is 0 Å². The Morgan fingerprint density at radius 3 is 3.08 bits per heavy atom. The Morgan fingerprint density at radius 1 is 1.54 bits per heavy atom. The van der Waals surface area contributed by atoms with Crippen molar-refractivity contribution in [1.29, 1.82) is 0 Å². The van der Waals surface area contributed by atoms with Crippen molar-refractivity contribution in [2.45, 2.75) is 18.1 Å². The van der Waals surface area contributed by atoms with Crippen molar-refractivity contribution in [2.75, 3.05) is 0 Å². The summed E-state index contributed by atoms with van der Waals surface area (Å²) >= 11 is 6.31. The van der Waals surface area contributed by atoms with E-state index in [1.54, 1.807) is 6.08 Å². The maximum absolute atomic E-state index is 6.31. The Labute approximate surface area is 83.0 Å². The van der Waals surface area contributed by atoms with E-state index in [1.807, 2.05) is 24.3 Å².